The van der Waals surface area contributed by atoms with Crippen LogP contribution in [0.3, 0.4) is 0 Å². The predicted octanol–water partition coefficient (Wildman–Crippen LogP) is -1.10. The Morgan fingerprint density at radius 3 is 2.83 bits per heavy atom. The van der Waals surface area contributed by atoms with Gasteiger partial charge in [-0.15, -0.1) is 6.42 Å². The van der Waals surface area contributed by atoms with E-state index in [0.29, 0.717) is 0 Å². The molecular formula is C12H11NO5. The normalized spacial score (nSPS) is 35.6. The third kappa shape index (κ3) is 1.61. The zero-order valence-corrected chi connectivity index (χ0v) is 9.37. The summed E-state index contributed by atoms with van der Waals surface area (Å²) in [6.07, 6.45) is 4.41. The van der Waals surface area contributed by atoms with Crippen LogP contribution in [0.15, 0.2) is 24.6 Å². The molecule has 2 heterocycles. The lowest BCUT2D eigenvalue weighted by Gasteiger charge is -2.32. The van der Waals surface area contributed by atoms with E-state index in [4.69, 9.17) is 11.2 Å². The van der Waals surface area contributed by atoms with Crippen molar-refractivity contribution in [2.45, 2.75) is 24.4 Å². The highest BCUT2D eigenvalue weighted by molar-refractivity contribution is 6.06. The first-order valence-corrected chi connectivity index (χ1v) is 5.16. The zero-order chi connectivity index (χ0) is 13.5. The van der Waals surface area contributed by atoms with Gasteiger partial charge in [0.1, 0.15) is 5.76 Å². The molecule has 2 aliphatic heterocycles. The van der Waals surface area contributed by atoms with Gasteiger partial charge in [-0.1, -0.05) is 12.5 Å². The molecule has 0 aromatic heterocycles. The van der Waals surface area contributed by atoms with E-state index in [1.54, 1.807) is 0 Å². The van der Waals surface area contributed by atoms with Crippen LogP contribution >= 0.6 is 0 Å². The van der Waals surface area contributed by atoms with Crippen LogP contribution in [0.1, 0.15) is 6.42 Å². The van der Waals surface area contributed by atoms with Gasteiger partial charge in [-0.3, -0.25) is 14.5 Å². The second-order valence-electron chi connectivity index (χ2n) is 4.07. The minimum atomic E-state index is -2.09. The summed E-state index contributed by atoms with van der Waals surface area (Å²) in [4.78, 5) is 23.7. The maximum atomic E-state index is 11.7. The number of carbonyl (C=O) groups excluding carboxylic acids is 2. The number of nitrogens with zero attached hydrogens (tertiary/aromatic N) is 1. The number of terminal acetylenes is 1. The molecule has 0 aliphatic carbocycles. The highest BCUT2D eigenvalue weighted by Gasteiger charge is 2.56. The molecule has 6 heteroatoms. The van der Waals surface area contributed by atoms with E-state index >= 15 is 0 Å². The van der Waals surface area contributed by atoms with Crippen molar-refractivity contribution in [3.05, 3.63) is 24.6 Å². The van der Waals surface area contributed by atoms with Gasteiger partial charge in [-0.25, -0.2) is 0 Å². The van der Waals surface area contributed by atoms with Crippen molar-refractivity contribution in [2.75, 3.05) is 0 Å². The van der Waals surface area contributed by atoms with E-state index in [0.717, 1.165) is 4.90 Å². The van der Waals surface area contributed by atoms with Crippen LogP contribution < -0.4 is 0 Å². The number of ether oxygens (including phenoxy) is 1. The molecule has 0 bridgehead atoms. The van der Waals surface area contributed by atoms with E-state index in [2.05, 4.69) is 6.58 Å². The van der Waals surface area contributed by atoms with Crippen LogP contribution in [0, 0.1) is 12.3 Å². The first-order valence-electron chi connectivity index (χ1n) is 5.16. The van der Waals surface area contributed by atoms with E-state index in [9.17, 15) is 19.8 Å². The summed E-state index contributed by atoms with van der Waals surface area (Å²) < 4.78 is 5.13. The van der Waals surface area contributed by atoms with E-state index in [1.165, 1.54) is 12.3 Å². The highest BCUT2D eigenvalue weighted by atomic mass is 16.6. The molecule has 0 spiro atoms. The van der Waals surface area contributed by atoms with Crippen LogP contribution in [-0.4, -0.2) is 44.7 Å². The molecule has 94 valence electrons. The molecule has 0 radical (unpaired) electrons. The van der Waals surface area contributed by atoms with Crippen molar-refractivity contribution in [2.24, 2.45) is 0 Å². The van der Waals surface area contributed by atoms with Crippen molar-refractivity contribution in [3.63, 3.8) is 0 Å². The number of allylic oxidation sites excluding steroid dienone is 1. The fourth-order valence-electron chi connectivity index (χ4n) is 1.85. The molecular weight excluding hydrogens is 238 g/mol. The summed E-state index contributed by atoms with van der Waals surface area (Å²) in [5.41, 5.74) is -2.09. The largest absolute Gasteiger partial charge is 0.468 e. The van der Waals surface area contributed by atoms with Gasteiger partial charge in [0.15, 0.2) is 11.9 Å². The molecule has 3 atom stereocenters. The Kier molecular flexibility index (Phi) is 2.73. The number of carbonyl (C=O) groups is 2. The van der Waals surface area contributed by atoms with Crippen molar-refractivity contribution < 1.29 is 24.5 Å². The van der Waals surface area contributed by atoms with Crippen LogP contribution in [0.5, 0.6) is 0 Å². The van der Waals surface area contributed by atoms with Gasteiger partial charge in [-0.2, -0.15) is 0 Å². The predicted molar refractivity (Wildman–Crippen MR) is 59.4 cm³/mol. The molecule has 0 aromatic rings. The molecule has 0 unspecified atom stereocenters. The maximum absolute atomic E-state index is 11.7. The summed E-state index contributed by atoms with van der Waals surface area (Å²) in [6, 6.07) is 0. The monoisotopic (exact) mass is 249 g/mol. The molecule has 0 aromatic carbocycles. The molecule has 2 aliphatic rings. The third-order valence-corrected chi connectivity index (χ3v) is 2.88. The summed E-state index contributed by atoms with van der Waals surface area (Å²) in [5.74, 6) is 0.965. The van der Waals surface area contributed by atoms with Crippen molar-refractivity contribution >= 4 is 11.7 Å². The molecule has 6 nitrogen and oxygen atoms in total. The third-order valence-electron chi connectivity index (χ3n) is 2.88. The summed E-state index contributed by atoms with van der Waals surface area (Å²) in [5, 5.41) is 19.9. The summed E-state index contributed by atoms with van der Waals surface area (Å²) in [7, 11) is 0. The van der Waals surface area contributed by atoms with Gasteiger partial charge in [0, 0.05) is 6.20 Å². The first kappa shape index (κ1) is 12.4. The lowest BCUT2D eigenvalue weighted by molar-refractivity contribution is -0.149. The Bertz CT molecular complexity index is 503. The van der Waals surface area contributed by atoms with Crippen molar-refractivity contribution in [1.82, 2.24) is 4.90 Å². The molecule has 0 saturated carbocycles. The highest BCUT2D eigenvalue weighted by Crippen LogP contribution is 2.35. The molecule has 1 fully saturated rings. The molecule has 18 heavy (non-hydrogen) atoms. The van der Waals surface area contributed by atoms with Gasteiger partial charge >= 0.3 is 0 Å². The Balaban J connectivity index is 2.37. The molecule has 1 saturated heterocycles. The van der Waals surface area contributed by atoms with Crippen molar-refractivity contribution in [3.8, 4) is 12.3 Å². The molecule has 2 N–H and O–H groups in total. The number of hydrogen-bond acceptors (Lipinski definition) is 5. The second kappa shape index (κ2) is 3.98. The zero-order valence-electron chi connectivity index (χ0n) is 9.37. The summed E-state index contributed by atoms with van der Waals surface area (Å²) in [6.45, 7) is 3.41. The topological polar surface area (TPSA) is 87.1 Å². The lowest BCUT2D eigenvalue weighted by Crippen LogP contribution is -2.54. The number of rotatable bonds is 1. The molecule has 1 amide bonds. The number of amides is 1. The van der Waals surface area contributed by atoms with E-state index < -0.39 is 23.8 Å². The van der Waals surface area contributed by atoms with Gasteiger partial charge in [0.2, 0.25) is 17.7 Å². The Hall–Kier alpha value is -2.10. The smallest absolute Gasteiger partial charge is 0.237 e. The van der Waals surface area contributed by atoms with Crippen LogP contribution in [0.25, 0.3) is 0 Å². The van der Waals surface area contributed by atoms with Gasteiger partial charge in [0.05, 0.1) is 6.42 Å². The number of hydrogen-bond donors (Lipinski definition) is 2. The standard InChI is InChI=1S/C12H11NO5/c1-3-12(17)10(16)7(2)18-11(12)13-5-4-8(14)6-9(13)15/h1,4-5,10-11,16-17H,2,6H2/t10-,11-,12-/m1/s1. The Labute approximate surface area is 103 Å². The average molecular weight is 249 g/mol. The SMILES string of the molecule is C#C[C@@]1(O)[C@H](O)C(=C)O[C@H]1N1C=CC(=O)CC1=O. The number of aliphatic hydroxyl groups excluding tert-OH is 1. The fourth-order valence-corrected chi connectivity index (χ4v) is 1.85. The minimum absolute atomic E-state index is 0.126. The quantitative estimate of drug-likeness (QED) is 0.455. The average Bonchev–Trinajstić information content (AvgIpc) is 2.55. The van der Waals surface area contributed by atoms with E-state index in [-0.39, 0.29) is 18.0 Å². The van der Waals surface area contributed by atoms with Gasteiger partial charge in [0.25, 0.3) is 0 Å². The van der Waals surface area contributed by atoms with Crippen molar-refractivity contribution in [1.29, 1.82) is 0 Å². The second-order valence-corrected chi connectivity index (χ2v) is 4.07. The van der Waals surface area contributed by atoms with Crippen LogP contribution in [0.4, 0.5) is 0 Å². The number of ketones is 1. The van der Waals surface area contributed by atoms with Crippen LogP contribution in [-0.2, 0) is 14.3 Å². The lowest BCUT2D eigenvalue weighted by atomic mass is 9.96. The Morgan fingerprint density at radius 2 is 2.28 bits per heavy atom. The molecule has 2 rings (SSSR count). The van der Waals surface area contributed by atoms with Gasteiger partial charge < -0.3 is 14.9 Å². The first-order chi connectivity index (χ1) is 8.40. The minimum Gasteiger partial charge on any atom is -0.468 e. The summed E-state index contributed by atoms with van der Waals surface area (Å²) >= 11 is 0. The number of aliphatic hydroxyl groups is 2. The van der Waals surface area contributed by atoms with Gasteiger partial charge in [-0.05, 0) is 6.08 Å². The van der Waals surface area contributed by atoms with Crippen LogP contribution in [0.2, 0.25) is 0 Å². The van der Waals surface area contributed by atoms with E-state index in [1.807, 2.05) is 5.92 Å². The fraction of sp³-hybridized carbons (Fsp3) is 0.333. The maximum Gasteiger partial charge on any atom is 0.237 e. The Morgan fingerprint density at radius 1 is 1.61 bits per heavy atom.